The molecular weight excluding hydrogens is 223 g/mol. The zero-order valence-corrected chi connectivity index (χ0v) is 7.39. The van der Waals surface area contributed by atoms with Crippen LogP contribution in [-0.2, 0) is 0 Å². The summed E-state index contributed by atoms with van der Waals surface area (Å²) in [7, 11) is 0. The van der Waals surface area contributed by atoms with Crippen LogP contribution in [0, 0.1) is 6.07 Å². The quantitative estimate of drug-likeness (QED) is 0.592. The molecule has 0 spiro atoms. The molecule has 0 saturated heterocycles. The Bertz CT molecular complexity index is 202. The topological polar surface area (TPSA) is 0 Å². The highest BCUT2D eigenvalue weighted by Gasteiger charge is 1.98. The van der Waals surface area contributed by atoms with Gasteiger partial charge < -0.3 is 0 Å². The summed E-state index contributed by atoms with van der Waals surface area (Å²) in [4.78, 5) is 0. The van der Waals surface area contributed by atoms with E-state index in [1.807, 2.05) is 0 Å². The van der Waals surface area contributed by atoms with Crippen LogP contribution in [-0.4, -0.2) is 0 Å². The lowest BCUT2D eigenvalue weighted by molar-refractivity contribution is 1.63. The van der Waals surface area contributed by atoms with Crippen molar-refractivity contribution in [2.24, 2.45) is 0 Å². The van der Waals surface area contributed by atoms with Crippen LogP contribution in [0.25, 0.3) is 0 Å². The van der Waals surface area contributed by atoms with Crippen molar-refractivity contribution in [2.75, 3.05) is 0 Å². The summed E-state index contributed by atoms with van der Waals surface area (Å²) in [5, 5.41) is 0.963. The Hall–Kier alpha value is 0.280. The SMILES string of the molecule is Clc1[c]ccc(Br)c1Cl. The number of hydrogen-bond acceptors (Lipinski definition) is 0. The van der Waals surface area contributed by atoms with E-state index < -0.39 is 0 Å². The van der Waals surface area contributed by atoms with Gasteiger partial charge >= 0.3 is 0 Å². The maximum atomic E-state index is 5.67. The highest BCUT2D eigenvalue weighted by molar-refractivity contribution is 9.10. The van der Waals surface area contributed by atoms with Crippen molar-refractivity contribution in [2.45, 2.75) is 0 Å². The van der Waals surface area contributed by atoms with E-state index >= 15 is 0 Å². The van der Waals surface area contributed by atoms with Crippen LogP contribution in [0.4, 0.5) is 0 Å². The molecule has 0 nitrogen and oxygen atoms in total. The minimum Gasteiger partial charge on any atom is -0.0820 e. The monoisotopic (exact) mass is 223 g/mol. The molecule has 0 atom stereocenters. The summed E-state index contributed by atoms with van der Waals surface area (Å²) in [6.45, 7) is 0. The molecule has 0 aliphatic carbocycles. The fourth-order valence-corrected chi connectivity index (χ4v) is 1.16. The molecule has 1 aromatic rings. The molecule has 0 N–H and O–H groups in total. The van der Waals surface area contributed by atoms with Gasteiger partial charge in [-0.25, -0.2) is 0 Å². The molecule has 0 fully saturated rings. The van der Waals surface area contributed by atoms with E-state index in [0.29, 0.717) is 10.0 Å². The van der Waals surface area contributed by atoms with Gasteiger partial charge in [-0.15, -0.1) is 0 Å². The summed E-state index contributed by atoms with van der Waals surface area (Å²) in [6.07, 6.45) is 0. The van der Waals surface area contributed by atoms with Crippen LogP contribution < -0.4 is 0 Å². The zero-order chi connectivity index (χ0) is 6.85. The van der Waals surface area contributed by atoms with E-state index in [2.05, 4.69) is 22.0 Å². The van der Waals surface area contributed by atoms with Gasteiger partial charge in [0.2, 0.25) is 0 Å². The third-order valence-corrected chi connectivity index (χ3v) is 2.52. The zero-order valence-electron chi connectivity index (χ0n) is 4.29. The summed E-state index contributed by atoms with van der Waals surface area (Å²) >= 11 is 14.5. The van der Waals surface area contributed by atoms with Gasteiger partial charge in [0.1, 0.15) is 0 Å². The average Bonchev–Trinajstić information content (AvgIpc) is 1.83. The summed E-state index contributed by atoms with van der Waals surface area (Å²) in [5.41, 5.74) is 0. The largest absolute Gasteiger partial charge is 0.0820 e. The molecule has 0 bridgehead atoms. The van der Waals surface area contributed by atoms with E-state index in [1.54, 1.807) is 12.1 Å². The maximum absolute atomic E-state index is 5.67. The number of hydrogen-bond donors (Lipinski definition) is 0. The van der Waals surface area contributed by atoms with Crippen LogP contribution in [0.2, 0.25) is 10.0 Å². The van der Waals surface area contributed by atoms with Gasteiger partial charge in [0, 0.05) is 10.5 Å². The van der Waals surface area contributed by atoms with Gasteiger partial charge in [-0.3, -0.25) is 0 Å². The van der Waals surface area contributed by atoms with Crippen LogP contribution in [0.5, 0.6) is 0 Å². The first-order valence-electron chi connectivity index (χ1n) is 2.23. The van der Waals surface area contributed by atoms with Gasteiger partial charge in [0.05, 0.1) is 10.0 Å². The Morgan fingerprint density at radius 1 is 1.44 bits per heavy atom. The van der Waals surface area contributed by atoms with E-state index in [4.69, 9.17) is 23.2 Å². The molecule has 0 heterocycles. The van der Waals surface area contributed by atoms with Crippen molar-refractivity contribution >= 4 is 39.1 Å². The lowest BCUT2D eigenvalue weighted by Crippen LogP contribution is -1.68. The third kappa shape index (κ3) is 1.60. The normalized spacial score (nSPS) is 9.67. The molecule has 0 saturated carbocycles. The van der Waals surface area contributed by atoms with Gasteiger partial charge in [-0.1, -0.05) is 29.3 Å². The van der Waals surface area contributed by atoms with E-state index in [1.165, 1.54) is 0 Å². The first-order chi connectivity index (χ1) is 4.22. The molecule has 0 amide bonds. The predicted molar refractivity (Wildman–Crippen MR) is 43.0 cm³/mol. The van der Waals surface area contributed by atoms with Crippen LogP contribution in [0.1, 0.15) is 0 Å². The van der Waals surface area contributed by atoms with E-state index in [-0.39, 0.29) is 0 Å². The minimum absolute atomic E-state index is 0.450. The van der Waals surface area contributed by atoms with E-state index in [0.717, 1.165) is 4.47 Å². The van der Waals surface area contributed by atoms with Crippen molar-refractivity contribution in [1.82, 2.24) is 0 Å². The number of halogens is 3. The maximum Gasteiger partial charge on any atom is 0.0740 e. The van der Waals surface area contributed by atoms with Crippen molar-refractivity contribution in [3.05, 3.63) is 32.7 Å². The van der Waals surface area contributed by atoms with E-state index in [9.17, 15) is 0 Å². The van der Waals surface area contributed by atoms with Crippen LogP contribution >= 0.6 is 39.1 Å². The predicted octanol–water partition coefficient (Wildman–Crippen LogP) is 3.56. The molecule has 0 aliphatic rings. The summed E-state index contributed by atoms with van der Waals surface area (Å²) in [5.74, 6) is 0. The summed E-state index contributed by atoms with van der Waals surface area (Å²) < 4.78 is 0.799. The summed E-state index contributed by atoms with van der Waals surface area (Å²) in [6, 6.07) is 6.24. The van der Waals surface area contributed by atoms with Crippen molar-refractivity contribution in [1.29, 1.82) is 0 Å². The van der Waals surface area contributed by atoms with Gasteiger partial charge in [0.25, 0.3) is 0 Å². The second kappa shape index (κ2) is 2.91. The molecule has 9 heavy (non-hydrogen) atoms. The highest BCUT2D eigenvalue weighted by Crippen LogP contribution is 2.28. The second-order valence-electron chi connectivity index (χ2n) is 1.45. The molecular formula is C6H2BrCl2. The van der Waals surface area contributed by atoms with Crippen LogP contribution in [0.3, 0.4) is 0 Å². The van der Waals surface area contributed by atoms with Gasteiger partial charge in [-0.2, -0.15) is 0 Å². The molecule has 0 aromatic heterocycles. The smallest absolute Gasteiger partial charge is 0.0740 e. The Kier molecular flexibility index (Phi) is 2.39. The molecule has 0 unspecified atom stereocenters. The highest BCUT2D eigenvalue weighted by atomic mass is 79.9. The van der Waals surface area contributed by atoms with Gasteiger partial charge in [0.15, 0.2) is 0 Å². The molecule has 1 radical (unpaired) electrons. The Balaban J connectivity index is 3.25. The molecule has 1 aromatic carbocycles. The fourth-order valence-electron chi connectivity index (χ4n) is 0.429. The Labute approximate surface area is 71.9 Å². The van der Waals surface area contributed by atoms with Gasteiger partial charge in [-0.05, 0) is 22.0 Å². The lowest BCUT2D eigenvalue weighted by atomic mass is 10.4. The Morgan fingerprint density at radius 2 is 2.11 bits per heavy atom. The number of benzene rings is 1. The van der Waals surface area contributed by atoms with Crippen molar-refractivity contribution in [3.63, 3.8) is 0 Å². The van der Waals surface area contributed by atoms with Crippen LogP contribution in [0.15, 0.2) is 16.6 Å². The first-order valence-corrected chi connectivity index (χ1v) is 3.78. The van der Waals surface area contributed by atoms with Crippen molar-refractivity contribution in [3.8, 4) is 0 Å². The molecule has 47 valence electrons. The fraction of sp³-hybridized carbons (Fsp3) is 0. The number of rotatable bonds is 0. The Morgan fingerprint density at radius 3 is 2.56 bits per heavy atom. The third-order valence-electron chi connectivity index (χ3n) is 0.842. The molecule has 1 rings (SSSR count). The first kappa shape index (κ1) is 7.39. The van der Waals surface area contributed by atoms with Crippen molar-refractivity contribution < 1.29 is 0 Å². The lowest BCUT2D eigenvalue weighted by Gasteiger charge is -1.94. The second-order valence-corrected chi connectivity index (χ2v) is 3.06. The molecule has 0 aliphatic heterocycles. The minimum atomic E-state index is 0.450. The molecule has 3 heteroatoms. The standard InChI is InChI=1S/C6H2BrCl2/c7-4-2-1-3-5(8)6(4)9/h1-2H. The average molecular weight is 225 g/mol.